The summed E-state index contributed by atoms with van der Waals surface area (Å²) in [4.78, 5) is 16.5. The van der Waals surface area contributed by atoms with Crippen LogP contribution in [0.4, 0.5) is 11.4 Å². The third-order valence-electron chi connectivity index (χ3n) is 3.86. The largest absolute Gasteiger partial charge is 0.381 e. The molecule has 0 spiro atoms. The first-order chi connectivity index (χ1) is 12.1. The van der Waals surface area contributed by atoms with Crippen molar-refractivity contribution in [2.24, 2.45) is 0 Å². The van der Waals surface area contributed by atoms with Crippen LogP contribution < -0.4 is 10.6 Å². The number of carbonyl (C=O) groups excluding carboxylic acids is 1. The fraction of sp³-hybridized carbons (Fsp3) is 0.100. The molecule has 0 radical (unpaired) electrons. The molecular formula is C20H18ClN3O. The van der Waals surface area contributed by atoms with Crippen LogP contribution in [0.2, 0.25) is 5.02 Å². The Balaban J connectivity index is 1.70. The summed E-state index contributed by atoms with van der Waals surface area (Å²) in [5, 5.41) is 6.59. The Hall–Kier alpha value is -2.85. The van der Waals surface area contributed by atoms with Gasteiger partial charge in [-0.3, -0.25) is 9.78 Å². The number of aromatic nitrogens is 1. The first-order valence-electron chi connectivity index (χ1n) is 7.94. The van der Waals surface area contributed by atoms with Crippen LogP contribution in [-0.4, -0.2) is 10.9 Å². The lowest BCUT2D eigenvalue weighted by Gasteiger charge is -2.10. The smallest absolute Gasteiger partial charge is 0.274 e. The zero-order chi connectivity index (χ0) is 17.6. The molecule has 4 nitrogen and oxygen atoms in total. The summed E-state index contributed by atoms with van der Waals surface area (Å²) in [6, 6.07) is 18.9. The molecule has 1 heterocycles. The predicted octanol–water partition coefficient (Wildman–Crippen LogP) is 4.91. The number of nitrogens with one attached hydrogen (secondary N) is 2. The standard InChI is InChI=1S/C20H18ClN3O/c1-14-6-2-3-7-15(14)13-23-16-10-11-22-19(12-16)20(25)24-18-9-5-4-8-17(18)21/h2-12H,13H2,1H3,(H,22,23)(H,24,25). The summed E-state index contributed by atoms with van der Waals surface area (Å²) < 4.78 is 0. The highest BCUT2D eigenvalue weighted by Crippen LogP contribution is 2.21. The Morgan fingerprint density at radius 2 is 1.84 bits per heavy atom. The molecule has 1 amide bonds. The molecular weight excluding hydrogens is 334 g/mol. The average molecular weight is 352 g/mol. The molecule has 0 saturated carbocycles. The van der Waals surface area contributed by atoms with E-state index < -0.39 is 0 Å². The van der Waals surface area contributed by atoms with Gasteiger partial charge in [0.25, 0.3) is 5.91 Å². The van der Waals surface area contributed by atoms with Gasteiger partial charge in [0.15, 0.2) is 0 Å². The second kappa shape index (κ2) is 7.81. The van der Waals surface area contributed by atoms with Crippen molar-refractivity contribution in [1.29, 1.82) is 0 Å². The molecule has 5 heteroatoms. The Labute approximate surface area is 151 Å². The van der Waals surface area contributed by atoms with E-state index in [-0.39, 0.29) is 5.91 Å². The van der Waals surface area contributed by atoms with Gasteiger partial charge in [-0.15, -0.1) is 0 Å². The first-order valence-corrected chi connectivity index (χ1v) is 8.31. The average Bonchev–Trinajstić information content (AvgIpc) is 2.63. The molecule has 25 heavy (non-hydrogen) atoms. The number of carbonyl (C=O) groups is 1. The molecule has 0 atom stereocenters. The van der Waals surface area contributed by atoms with Crippen molar-refractivity contribution in [1.82, 2.24) is 4.98 Å². The summed E-state index contributed by atoms with van der Waals surface area (Å²) >= 11 is 6.07. The van der Waals surface area contributed by atoms with Crippen molar-refractivity contribution in [2.75, 3.05) is 10.6 Å². The molecule has 2 N–H and O–H groups in total. The van der Waals surface area contributed by atoms with Crippen LogP contribution in [0.25, 0.3) is 0 Å². The zero-order valence-corrected chi connectivity index (χ0v) is 14.5. The van der Waals surface area contributed by atoms with E-state index in [4.69, 9.17) is 11.6 Å². The first kappa shape index (κ1) is 17.0. The second-order valence-corrected chi connectivity index (χ2v) is 6.05. The molecule has 0 unspecified atom stereocenters. The van der Waals surface area contributed by atoms with Gasteiger partial charge in [0.1, 0.15) is 5.69 Å². The molecule has 2 aromatic carbocycles. The van der Waals surface area contributed by atoms with Crippen molar-refractivity contribution >= 4 is 28.9 Å². The number of hydrogen-bond donors (Lipinski definition) is 2. The lowest BCUT2D eigenvalue weighted by molar-refractivity contribution is 0.102. The number of nitrogens with zero attached hydrogens (tertiary/aromatic N) is 1. The molecule has 0 aliphatic carbocycles. The van der Waals surface area contributed by atoms with E-state index in [0.717, 1.165) is 5.69 Å². The van der Waals surface area contributed by atoms with Gasteiger partial charge in [-0.05, 0) is 42.3 Å². The molecule has 1 aromatic heterocycles. The number of anilines is 2. The quantitative estimate of drug-likeness (QED) is 0.686. The van der Waals surface area contributed by atoms with Gasteiger partial charge in [0.05, 0.1) is 10.7 Å². The highest BCUT2D eigenvalue weighted by Gasteiger charge is 2.10. The Kier molecular flexibility index (Phi) is 5.31. The number of halogens is 1. The van der Waals surface area contributed by atoms with Crippen LogP contribution >= 0.6 is 11.6 Å². The lowest BCUT2D eigenvalue weighted by Crippen LogP contribution is -2.14. The summed E-state index contributed by atoms with van der Waals surface area (Å²) in [7, 11) is 0. The summed E-state index contributed by atoms with van der Waals surface area (Å²) in [5.74, 6) is -0.298. The van der Waals surface area contributed by atoms with Crippen molar-refractivity contribution in [2.45, 2.75) is 13.5 Å². The zero-order valence-electron chi connectivity index (χ0n) is 13.8. The van der Waals surface area contributed by atoms with Gasteiger partial charge in [-0.2, -0.15) is 0 Å². The number of benzene rings is 2. The van der Waals surface area contributed by atoms with Crippen molar-refractivity contribution in [3.8, 4) is 0 Å². The van der Waals surface area contributed by atoms with Gasteiger partial charge in [-0.1, -0.05) is 48.0 Å². The Morgan fingerprint density at radius 1 is 1.08 bits per heavy atom. The van der Waals surface area contributed by atoms with Gasteiger partial charge in [0.2, 0.25) is 0 Å². The Morgan fingerprint density at radius 3 is 2.64 bits per heavy atom. The summed E-state index contributed by atoms with van der Waals surface area (Å²) in [6.45, 7) is 2.76. The highest BCUT2D eigenvalue weighted by molar-refractivity contribution is 6.33. The van der Waals surface area contributed by atoms with Crippen molar-refractivity contribution < 1.29 is 4.79 Å². The third kappa shape index (κ3) is 4.37. The SMILES string of the molecule is Cc1ccccc1CNc1ccnc(C(=O)Nc2ccccc2Cl)c1. The minimum Gasteiger partial charge on any atom is -0.381 e. The lowest BCUT2D eigenvalue weighted by atomic mass is 10.1. The fourth-order valence-electron chi connectivity index (χ4n) is 2.42. The second-order valence-electron chi connectivity index (χ2n) is 5.64. The Bertz CT molecular complexity index is 895. The van der Waals surface area contributed by atoms with Crippen LogP contribution in [0.3, 0.4) is 0 Å². The molecule has 0 bridgehead atoms. The minimum absolute atomic E-state index is 0.298. The monoisotopic (exact) mass is 351 g/mol. The molecule has 0 aliphatic heterocycles. The van der Waals surface area contributed by atoms with Crippen molar-refractivity contribution in [3.63, 3.8) is 0 Å². The third-order valence-corrected chi connectivity index (χ3v) is 4.19. The maximum atomic E-state index is 12.4. The van der Waals surface area contributed by atoms with E-state index in [1.165, 1.54) is 11.1 Å². The van der Waals surface area contributed by atoms with Gasteiger partial charge in [0, 0.05) is 18.4 Å². The van der Waals surface area contributed by atoms with Gasteiger partial charge in [-0.25, -0.2) is 0 Å². The molecule has 3 rings (SSSR count). The van der Waals surface area contributed by atoms with Crippen LogP contribution in [0.5, 0.6) is 0 Å². The summed E-state index contributed by atoms with van der Waals surface area (Å²) in [6.07, 6.45) is 1.61. The highest BCUT2D eigenvalue weighted by atomic mass is 35.5. The maximum absolute atomic E-state index is 12.4. The van der Waals surface area contributed by atoms with E-state index in [9.17, 15) is 4.79 Å². The molecule has 126 valence electrons. The van der Waals surface area contributed by atoms with E-state index >= 15 is 0 Å². The number of amides is 1. The van der Waals surface area contributed by atoms with Crippen molar-refractivity contribution in [3.05, 3.63) is 88.7 Å². The van der Waals surface area contributed by atoms with Crippen LogP contribution in [0.1, 0.15) is 21.6 Å². The van der Waals surface area contributed by atoms with E-state index in [1.54, 1.807) is 24.4 Å². The topological polar surface area (TPSA) is 54.0 Å². The van der Waals surface area contributed by atoms with Gasteiger partial charge >= 0.3 is 0 Å². The van der Waals surface area contributed by atoms with Crippen LogP contribution in [0, 0.1) is 6.92 Å². The molecule has 0 fully saturated rings. The molecule has 3 aromatic rings. The molecule has 0 saturated heterocycles. The van der Waals surface area contributed by atoms with E-state index in [1.807, 2.05) is 30.3 Å². The number of para-hydroxylation sites is 1. The fourth-order valence-corrected chi connectivity index (χ4v) is 2.60. The maximum Gasteiger partial charge on any atom is 0.274 e. The minimum atomic E-state index is -0.298. The van der Waals surface area contributed by atoms with E-state index in [2.05, 4.69) is 34.7 Å². The number of hydrogen-bond acceptors (Lipinski definition) is 3. The number of aryl methyl sites for hydroxylation is 1. The van der Waals surface area contributed by atoms with Crippen LogP contribution in [-0.2, 0) is 6.54 Å². The van der Waals surface area contributed by atoms with E-state index in [0.29, 0.717) is 22.9 Å². The predicted molar refractivity (Wildman–Crippen MR) is 102 cm³/mol. The normalized spacial score (nSPS) is 10.3. The number of pyridine rings is 1. The van der Waals surface area contributed by atoms with Gasteiger partial charge < -0.3 is 10.6 Å². The molecule has 0 aliphatic rings. The van der Waals surface area contributed by atoms with Crippen LogP contribution in [0.15, 0.2) is 66.9 Å². The summed E-state index contributed by atoms with van der Waals surface area (Å²) in [5.41, 5.74) is 4.16. The number of rotatable bonds is 5.